The first kappa shape index (κ1) is 35.7. The summed E-state index contributed by atoms with van der Waals surface area (Å²) in [5, 5.41) is 0. The van der Waals surface area contributed by atoms with Crippen molar-refractivity contribution >= 4 is 12.6 Å². The fraction of sp³-hybridized carbons (Fsp3) is 0.200. The molecule has 252 valence electrons. The van der Waals surface area contributed by atoms with Gasteiger partial charge in [-0.1, -0.05) is 50.7 Å². The molecule has 0 bridgehead atoms. The molecule has 0 fully saturated rings. The van der Waals surface area contributed by atoms with Gasteiger partial charge in [0.1, 0.15) is 46.5 Å². The molecule has 0 spiro atoms. The van der Waals surface area contributed by atoms with Gasteiger partial charge in [-0.2, -0.15) is 0 Å². The molecule has 0 saturated carbocycles. The molecule has 0 unspecified atom stereocenters. The van der Waals surface area contributed by atoms with Crippen LogP contribution in [0.25, 0.3) is 22.3 Å². The highest BCUT2D eigenvalue weighted by atomic mass is 32.1. The summed E-state index contributed by atoms with van der Waals surface area (Å²) >= 11 is 3.68. The van der Waals surface area contributed by atoms with E-state index in [1.54, 1.807) is 6.07 Å². The van der Waals surface area contributed by atoms with E-state index in [1.807, 2.05) is 19.9 Å². The molecule has 5 rings (SSSR count). The average Bonchev–Trinajstić information content (AvgIpc) is 3.03. The molecule has 0 nitrogen and oxygen atoms in total. The second kappa shape index (κ2) is 15.3. The lowest BCUT2D eigenvalue weighted by molar-refractivity contribution is 0.541. The van der Waals surface area contributed by atoms with Crippen molar-refractivity contribution in [1.82, 2.24) is 0 Å². The maximum Gasteiger partial charge on any atom is 0.142 e. The highest BCUT2D eigenvalue weighted by molar-refractivity contribution is 7.80. The first-order chi connectivity index (χ1) is 23.4. The first-order valence-electron chi connectivity index (χ1n) is 15.7. The van der Waals surface area contributed by atoms with Crippen molar-refractivity contribution in [3.05, 3.63) is 147 Å². The van der Waals surface area contributed by atoms with Crippen molar-refractivity contribution in [1.29, 1.82) is 0 Å². The van der Waals surface area contributed by atoms with Gasteiger partial charge in [-0.25, -0.2) is 35.1 Å². The maximum atomic E-state index is 15.4. The molecule has 5 aromatic rings. The van der Waals surface area contributed by atoms with Gasteiger partial charge in [0.05, 0.1) is 16.0 Å². The predicted molar refractivity (Wildman–Crippen MR) is 178 cm³/mol. The Kier molecular flexibility index (Phi) is 11.2. The van der Waals surface area contributed by atoms with Crippen molar-refractivity contribution in [2.75, 3.05) is 0 Å². The van der Waals surface area contributed by atoms with Gasteiger partial charge in [0.15, 0.2) is 0 Å². The van der Waals surface area contributed by atoms with E-state index in [1.165, 1.54) is 12.1 Å². The smallest absolute Gasteiger partial charge is 0.142 e. The molecule has 0 atom stereocenters. The standard InChI is InChI=1S/C40H30F8S/c1-3-5-22-7-9-24(31(41)13-22)10-8-23-14-32(42)29(33(43)15-23)12-11-26-17-34(44)30(16-25(26)6-4-2)27-18-35(45)39(36(46)19-27)28-20-37(47)40(49)38(48)21-28/h7,9,13-21,49H,3-6,8,10H2,1-2H3. The third-order valence-electron chi connectivity index (χ3n) is 8.13. The molecule has 49 heavy (non-hydrogen) atoms. The summed E-state index contributed by atoms with van der Waals surface area (Å²) in [5.74, 6) is -2.59. The topological polar surface area (TPSA) is 0 Å². The zero-order valence-corrected chi connectivity index (χ0v) is 27.5. The quantitative estimate of drug-likeness (QED) is 0.0886. The van der Waals surface area contributed by atoms with Crippen LogP contribution in [0.4, 0.5) is 35.1 Å². The fourth-order valence-electron chi connectivity index (χ4n) is 5.68. The van der Waals surface area contributed by atoms with Crippen LogP contribution in [-0.2, 0) is 25.7 Å². The lowest BCUT2D eigenvalue weighted by Crippen LogP contribution is -2.00. The largest absolute Gasteiger partial charge is 0.207 e. The van der Waals surface area contributed by atoms with Crippen molar-refractivity contribution < 1.29 is 35.1 Å². The summed E-state index contributed by atoms with van der Waals surface area (Å²) < 4.78 is 118. The van der Waals surface area contributed by atoms with E-state index < -0.39 is 62.3 Å². The molecule has 0 radical (unpaired) electrons. The molecule has 0 aromatic heterocycles. The number of benzene rings is 5. The Bertz CT molecular complexity index is 2040. The molecule has 0 amide bonds. The van der Waals surface area contributed by atoms with Gasteiger partial charge in [0.25, 0.3) is 0 Å². The Hall–Kier alpha value is -4.55. The van der Waals surface area contributed by atoms with Crippen LogP contribution in [-0.4, -0.2) is 0 Å². The van der Waals surface area contributed by atoms with Gasteiger partial charge in [-0.3, -0.25) is 0 Å². The van der Waals surface area contributed by atoms with E-state index in [-0.39, 0.29) is 35.3 Å². The van der Waals surface area contributed by atoms with Crippen LogP contribution < -0.4 is 0 Å². The summed E-state index contributed by atoms with van der Waals surface area (Å²) in [6.07, 6.45) is 2.99. The van der Waals surface area contributed by atoms with Gasteiger partial charge in [0.2, 0.25) is 0 Å². The maximum absolute atomic E-state index is 15.4. The van der Waals surface area contributed by atoms with Crippen LogP contribution in [0.5, 0.6) is 0 Å². The Morgan fingerprint density at radius 2 is 1.08 bits per heavy atom. The van der Waals surface area contributed by atoms with E-state index >= 15 is 22.0 Å². The minimum Gasteiger partial charge on any atom is -0.207 e. The number of aryl methyl sites for hydroxylation is 4. The van der Waals surface area contributed by atoms with E-state index in [0.29, 0.717) is 29.5 Å². The first-order valence-corrected chi connectivity index (χ1v) is 16.1. The van der Waals surface area contributed by atoms with E-state index in [0.717, 1.165) is 60.9 Å². The summed E-state index contributed by atoms with van der Waals surface area (Å²) in [7, 11) is 0. The van der Waals surface area contributed by atoms with Crippen molar-refractivity contribution in [3.63, 3.8) is 0 Å². The van der Waals surface area contributed by atoms with Crippen molar-refractivity contribution in [2.45, 2.75) is 57.3 Å². The van der Waals surface area contributed by atoms with Crippen LogP contribution in [0, 0.1) is 58.4 Å². The Balaban J connectivity index is 1.42. The number of rotatable bonds is 9. The molecule has 5 aromatic carbocycles. The number of halogens is 8. The zero-order valence-electron chi connectivity index (χ0n) is 26.6. The average molecular weight is 695 g/mol. The molecule has 0 saturated heterocycles. The normalized spacial score (nSPS) is 11.1. The van der Waals surface area contributed by atoms with Crippen LogP contribution >= 0.6 is 12.6 Å². The minimum atomic E-state index is -1.18. The van der Waals surface area contributed by atoms with Gasteiger partial charge in [-0.05, 0) is 114 Å². The zero-order chi connectivity index (χ0) is 35.4. The Labute approximate surface area is 285 Å². The van der Waals surface area contributed by atoms with Crippen LogP contribution in [0.3, 0.4) is 0 Å². The summed E-state index contributed by atoms with van der Waals surface area (Å²) in [6.45, 7) is 3.84. The third-order valence-corrected chi connectivity index (χ3v) is 8.56. The predicted octanol–water partition coefficient (Wildman–Crippen LogP) is 11.5. The van der Waals surface area contributed by atoms with Crippen LogP contribution in [0.2, 0.25) is 0 Å². The highest BCUT2D eigenvalue weighted by Gasteiger charge is 2.20. The molecule has 9 heteroatoms. The van der Waals surface area contributed by atoms with E-state index in [9.17, 15) is 13.2 Å². The number of hydrogen-bond acceptors (Lipinski definition) is 1. The minimum absolute atomic E-state index is 0.128. The van der Waals surface area contributed by atoms with Crippen molar-refractivity contribution in [2.24, 2.45) is 0 Å². The number of thiol groups is 1. The summed E-state index contributed by atoms with van der Waals surface area (Å²) in [4.78, 5) is -0.602. The SMILES string of the molecule is CCCc1ccc(CCc2cc(F)c(C#Cc3cc(F)c(-c4cc(F)c(-c5cc(F)c(S)c(F)c5)c(F)c4)cc3CCC)c(F)c2)c(F)c1. The molecular formula is C40H30F8S. The monoisotopic (exact) mass is 694 g/mol. The van der Waals surface area contributed by atoms with Crippen molar-refractivity contribution in [3.8, 4) is 34.1 Å². The molecule has 0 aliphatic heterocycles. The second-order valence-electron chi connectivity index (χ2n) is 11.7. The summed E-state index contributed by atoms with van der Waals surface area (Å²) in [5.41, 5.74) is 0.269. The van der Waals surface area contributed by atoms with Gasteiger partial charge in [-0.15, -0.1) is 12.6 Å². The lowest BCUT2D eigenvalue weighted by atomic mass is 9.94. The second-order valence-corrected chi connectivity index (χ2v) is 12.2. The van der Waals surface area contributed by atoms with E-state index in [4.69, 9.17) is 0 Å². The van der Waals surface area contributed by atoms with Crippen LogP contribution in [0.1, 0.15) is 60.1 Å². The number of hydrogen-bond donors (Lipinski definition) is 1. The fourth-order valence-corrected chi connectivity index (χ4v) is 5.81. The highest BCUT2D eigenvalue weighted by Crippen LogP contribution is 2.35. The third kappa shape index (κ3) is 8.02. The lowest BCUT2D eigenvalue weighted by Gasteiger charge is -2.13. The van der Waals surface area contributed by atoms with E-state index in [2.05, 4.69) is 24.5 Å². The molecule has 0 N–H and O–H groups in total. The molecule has 0 aliphatic rings. The Morgan fingerprint density at radius 1 is 0.490 bits per heavy atom. The summed E-state index contributed by atoms with van der Waals surface area (Å²) in [6, 6.07) is 12.8. The van der Waals surface area contributed by atoms with Gasteiger partial charge >= 0.3 is 0 Å². The molecule has 0 aliphatic carbocycles. The van der Waals surface area contributed by atoms with Gasteiger partial charge < -0.3 is 0 Å². The Morgan fingerprint density at radius 3 is 1.67 bits per heavy atom. The van der Waals surface area contributed by atoms with Gasteiger partial charge in [0, 0.05) is 11.1 Å². The van der Waals surface area contributed by atoms with Crippen LogP contribution in [0.15, 0.2) is 71.6 Å². The molecule has 0 heterocycles. The molecular weight excluding hydrogens is 664 g/mol.